The summed E-state index contributed by atoms with van der Waals surface area (Å²) in [6.07, 6.45) is -4.00. The highest BCUT2D eigenvalue weighted by atomic mass is 35.5. The first kappa shape index (κ1) is 24.6. The van der Waals surface area contributed by atoms with Gasteiger partial charge in [-0.25, -0.2) is 0 Å². The van der Waals surface area contributed by atoms with Crippen molar-refractivity contribution in [3.8, 4) is 0 Å². The van der Waals surface area contributed by atoms with Gasteiger partial charge in [0.05, 0.1) is 11.3 Å². The molecule has 33 heavy (non-hydrogen) atoms. The molecule has 12 heteroatoms. The average molecular weight is 498 g/mol. The minimum atomic E-state index is -4.43. The Labute approximate surface area is 196 Å². The van der Waals surface area contributed by atoms with Gasteiger partial charge in [0.2, 0.25) is 5.91 Å². The number of carbonyl (C=O) groups is 2. The molecule has 0 saturated carbocycles. The summed E-state index contributed by atoms with van der Waals surface area (Å²) in [5.74, 6) is 0.000260. The first-order chi connectivity index (χ1) is 15.6. The largest absolute Gasteiger partial charge is 0.416 e. The predicted molar refractivity (Wildman–Crippen MR) is 119 cm³/mol. The molecule has 0 atom stereocenters. The molecule has 1 heterocycles. The van der Waals surface area contributed by atoms with E-state index in [0.29, 0.717) is 34.5 Å². The molecule has 2 aromatic carbocycles. The van der Waals surface area contributed by atoms with E-state index in [0.717, 1.165) is 23.9 Å². The molecule has 2 amide bonds. The van der Waals surface area contributed by atoms with Gasteiger partial charge < -0.3 is 15.2 Å². The minimum Gasteiger partial charge on any atom is -0.352 e. The van der Waals surface area contributed by atoms with Crippen LogP contribution in [-0.4, -0.2) is 38.9 Å². The fourth-order valence-corrected chi connectivity index (χ4v) is 3.61. The van der Waals surface area contributed by atoms with Crippen LogP contribution in [0.2, 0.25) is 5.02 Å². The summed E-state index contributed by atoms with van der Waals surface area (Å²) in [5.41, 5.74) is -0.0257. The quantitative estimate of drug-likeness (QED) is 0.456. The summed E-state index contributed by atoms with van der Waals surface area (Å²) >= 11 is 6.95. The number of hydrogen-bond acceptors (Lipinski definition) is 5. The van der Waals surface area contributed by atoms with Crippen LogP contribution < -0.4 is 10.6 Å². The third-order valence-corrected chi connectivity index (χ3v) is 5.77. The highest BCUT2D eigenvalue weighted by molar-refractivity contribution is 7.99. The molecule has 0 aliphatic heterocycles. The van der Waals surface area contributed by atoms with Crippen LogP contribution in [0.5, 0.6) is 0 Å². The zero-order chi connectivity index (χ0) is 24.0. The number of thioether (sulfide) groups is 1. The van der Waals surface area contributed by atoms with Gasteiger partial charge in [0.1, 0.15) is 5.82 Å². The zero-order valence-corrected chi connectivity index (χ0v) is 18.9. The summed E-state index contributed by atoms with van der Waals surface area (Å²) in [6, 6.07) is 10.7. The van der Waals surface area contributed by atoms with Crippen LogP contribution in [0.15, 0.2) is 53.7 Å². The fraction of sp³-hybridized carbons (Fsp3) is 0.238. The number of aromatic nitrogens is 3. The van der Waals surface area contributed by atoms with Gasteiger partial charge in [0, 0.05) is 36.3 Å². The maximum Gasteiger partial charge on any atom is 0.416 e. The van der Waals surface area contributed by atoms with E-state index in [9.17, 15) is 22.8 Å². The number of amides is 2. The smallest absolute Gasteiger partial charge is 0.352 e. The molecule has 7 nitrogen and oxygen atoms in total. The van der Waals surface area contributed by atoms with Crippen molar-refractivity contribution < 1.29 is 22.8 Å². The molecule has 2 N–H and O–H groups in total. The van der Waals surface area contributed by atoms with Crippen molar-refractivity contribution in [3.63, 3.8) is 0 Å². The number of benzene rings is 2. The average Bonchev–Trinajstić information content (AvgIpc) is 3.12. The molecule has 0 aliphatic carbocycles. The maximum atomic E-state index is 12.6. The van der Waals surface area contributed by atoms with Gasteiger partial charge in [0.25, 0.3) is 5.91 Å². The molecule has 3 aromatic rings. The van der Waals surface area contributed by atoms with Gasteiger partial charge in [0.15, 0.2) is 5.16 Å². The third-order valence-electron chi connectivity index (χ3n) is 4.49. The Kier molecular flexibility index (Phi) is 7.98. The van der Waals surface area contributed by atoms with E-state index in [2.05, 4.69) is 20.8 Å². The number of alkyl halides is 3. The van der Waals surface area contributed by atoms with Crippen molar-refractivity contribution in [2.75, 3.05) is 17.6 Å². The van der Waals surface area contributed by atoms with Gasteiger partial charge in [-0.15, -0.1) is 10.2 Å². The van der Waals surface area contributed by atoms with Crippen molar-refractivity contribution in [2.24, 2.45) is 7.05 Å². The molecule has 0 bridgehead atoms. The summed E-state index contributed by atoms with van der Waals surface area (Å²) in [5, 5.41) is 14.5. The lowest BCUT2D eigenvalue weighted by atomic mass is 10.2. The van der Waals surface area contributed by atoms with Crippen LogP contribution in [0.3, 0.4) is 0 Å². The third kappa shape index (κ3) is 6.96. The van der Waals surface area contributed by atoms with Gasteiger partial charge in [-0.3, -0.25) is 9.59 Å². The maximum absolute atomic E-state index is 12.6. The van der Waals surface area contributed by atoms with E-state index in [1.165, 1.54) is 12.1 Å². The summed E-state index contributed by atoms with van der Waals surface area (Å²) in [4.78, 5) is 24.3. The molecular formula is C21H19ClF3N5O2S. The van der Waals surface area contributed by atoms with Crippen molar-refractivity contribution >= 4 is 40.9 Å². The zero-order valence-electron chi connectivity index (χ0n) is 17.3. The first-order valence-electron chi connectivity index (χ1n) is 9.65. The van der Waals surface area contributed by atoms with Crippen LogP contribution >= 0.6 is 23.4 Å². The lowest BCUT2D eigenvalue weighted by Crippen LogP contribution is -2.26. The highest BCUT2D eigenvalue weighted by Crippen LogP contribution is 2.29. The van der Waals surface area contributed by atoms with Gasteiger partial charge >= 0.3 is 6.18 Å². The minimum absolute atomic E-state index is 0.000296. The summed E-state index contributed by atoms with van der Waals surface area (Å²) in [6.45, 7) is 0.340. The first-order valence-corrected chi connectivity index (χ1v) is 11.0. The number of nitrogens with zero attached hydrogens (tertiary/aromatic N) is 3. The van der Waals surface area contributed by atoms with Crippen LogP contribution in [0.4, 0.5) is 18.9 Å². The predicted octanol–water partition coefficient (Wildman–Crippen LogP) is 4.19. The fourth-order valence-electron chi connectivity index (χ4n) is 2.75. The highest BCUT2D eigenvalue weighted by Gasteiger charge is 2.30. The van der Waals surface area contributed by atoms with Gasteiger partial charge in [-0.2, -0.15) is 13.2 Å². The van der Waals surface area contributed by atoms with Crippen LogP contribution in [0, 0.1) is 0 Å². The Morgan fingerprint density at radius 2 is 1.73 bits per heavy atom. The molecule has 0 radical (unpaired) electrons. The van der Waals surface area contributed by atoms with Crippen LogP contribution in [-0.2, 0) is 24.4 Å². The number of rotatable bonds is 8. The van der Waals surface area contributed by atoms with E-state index in [1.807, 2.05) is 0 Å². The van der Waals surface area contributed by atoms with E-state index >= 15 is 0 Å². The Hall–Kier alpha value is -3.05. The number of carbonyl (C=O) groups excluding carboxylic acids is 2. The molecule has 3 rings (SSSR count). The van der Waals surface area contributed by atoms with Crippen molar-refractivity contribution in [1.29, 1.82) is 0 Å². The monoisotopic (exact) mass is 497 g/mol. The summed E-state index contributed by atoms with van der Waals surface area (Å²) in [7, 11) is 1.74. The second-order valence-electron chi connectivity index (χ2n) is 6.88. The standard InChI is InChI=1S/C21H19ClF3N5O2S/c1-30-17(10-11-26-19(32)13-2-6-15(22)7-3-13)28-29-20(30)33-12-18(31)27-16-8-4-14(5-9-16)21(23,24)25/h2-9H,10-12H2,1H3,(H,26,32)(H,27,31). The van der Waals surface area contributed by atoms with E-state index < -0.39 is 11.7 Å². The Morgan fingerprint density at radius 1 is 1.06 bits per heavy atom. The molecule has 174 valence electrons. The SMILES string of the molecule is Cn1c(CCNC(=O)c2ccc(Cl)cc2)nnc1SCC(=O)Nc1ccc(C(F)(F)F)cc1. The second-order valence-corrected chi connectivity index (χ2v) is 8.26. The van der Waals surface area contributed by atoms with Gasteiger partial charge in [-0.05, 0) is 48.5 Å². The van der Waals surface area contributed by atoms with E-state index in [1.54, 1.807) is 35.9 Å². The molecule has 0 spiro atoms. The molecule has 0 saturated heterocycles. The van der Waals surface area contributed by atoms with E-state index in [-0.39, 0.29) is 23.3 Å². The molecule has 0 unspecified atom stereocenters. The lowest BCUT2D eigenvalue weighted by Gasteiger charge is -2.09. The normalized spacial score (nSPS) is 11.3. The van der Waals surface area contributed by atoms with Crippen molar-refractivity contribution in [1.82, 2.24) is 20.1 Å². The summed E-state index contributed by atoms with van der Waals surface area (Å²) < 4.78 is 39.5. The van der Waals surface area contributed by atoms with Gasteiger partial charge in [-0.1, -0.05) is 23.4 Å². The Bertz CT molecular complexity index is 1120. The Morgan fingerprint density at radius 3 is 2.36 bits per heavy atom. The topological polar surface area (TPSA) is 88.9 Å². The molecule has 0 fully saturated rings. The second kappa shape index (κ2) is 10.7. The molecular weight excluding hydrogens is 479 g/mol. The number of anilines is 1. The lowest BCUT2D eigenvalue weighted by molar-refractivity contribution is -0.137. The molecule has 1 aromatic heterocycles. The van der Waals surface area contributed by atoms with E-state index in [4.69, 9.17) is 11.6 Å². The van der Waals surface area contributed by atoms with Crippen molar-refractivity contribution in [2.45, 2.75) is 17.8 Å². The van der Waals surface area contributed by atoms with Crippen molar-refractivity contribution in [3.05, 3.63) is 70.5 Å². The van der Waals surface area contributed by atoms with Crippen LogP contribution in [0.1, 0.15) is 21.7 Å². The number of halogens is 4. The number of nitrogens with one attached hydrogen (secondary N) is 2. The Balaban J connectivity index is 1.46. The molecule has 0 aliphatic rings. The number of hydrogen-bond donors (Lipinski definition) is 2. The van der Waals surface area contributed by atoms with Crippen LogP contribution in [0.25, 0.3) is 0 Å².